The first-order valence-electron chi connectivity index (χ1n) is 7.47. The molecule has 0 atom stereocenters. The van der Waals surface area contributed by atoms with Gasteiger partial charge >= 0.3 is 0 Å². The number of nitrogens with zero attached hydrogens (tertiary/aromatic N) is 3. The largest absolute Gasteiger partial charge is 0.369 e. The van der Waals surface area contributed by atoms with Gasteiger partial charge in [0.2, 0.25) is 5.95 Å². The molecule has 2 N–H and O–H groups in total. The van der Waals surface area contributed by atoms with Crippen molar-refractivity contribution >= 4 is 17.5 Å². The Morgan fingerprint density at radius 3 is 2.81 bits per heavy atom. The Morgan fingerprint density at radius 2 is 2.00 bits per heavy atom. The van der Waals surface area contributed by atoms with Gasteiger partial charge in [0.1, 0.15) is 0 Å². The molecule has 0 bridgehead atoms. The highest BCUT2D eigenvalue weighted by atomic mass is 15.3. The summed E-state index contributed by atoms with van der Waals surface area (Å²) in [5, 5.41) is 14.5. The van der Waals surface area contributed by atoms with E-state index in [1.54, 1.807) is 6.20 Å². The SMILES string of the molecule is CCCCCNc1cnnc(Nc2cc(C)ccc2C)n1. The third-order valence-electron chi connectivity index (χ3n) is 3.28. The normalized spacial score (nSPS) is 10.4. The van der Waals surface area contributed by atoms with E-state index in [0.29, 0.717) is 5.95 Å². The number of unbranched alkanes of at least 4 members (excludes halogenated alkanes) is 2. The molecule has 0 saturated carbocycles. The van der Waals surface area contributed by atoms with Gasteiger partial charge in [0.15, 0.2) is 5.82 Å². The van der Waals surface area contributed by atoms with Gasteiger partial charge in [-0.2, -0.15) is 10.1 Å². The molecular formula is C16H23N5. The molecule has 5 nitrogen and oxygen atoms in total. The minimum atomic E-state index is 0.518. The van der Waals surface area contributed by atoms with Crippen molar-refractivity contribution in [3.8, 4) is 0 Å². The molecule has 0 aliphatic carbocycles. The van der Waals surface area contributed by atoms with Crippen LogP contribution in [0.2, 0.25) is 0 Å². The average Bonchev–Trinajstić information content (AvgIpc) is 2.48. The molecule has 0 amide bonds. The fourth-order valence-corrected chi connectivity index (χ4v) is 2.02. The van der Waals surface area contributed by atoms with Gasteiger partial charge < -0.3 is 10.6 Å². The van der Waals surface area contributed by atoms with E-state index in [9.17, 15) is 0 Å². The summed E-state index contributed by atoms with van der Waals surface area (Å²) in [5.41, 5.74) is 3.37. The first-order chi connectivity index (χ1) is 10.2. The minimum absolute atomic E-state index is 0.518. The van der Waals surface area contributed by atoms with Crippen LogP contribution in [0.15, 0.2) is 24.4 Å². The lowest BCUT2D eigenvalue weighted by molar-refractivity contribution is 0.741. The molecule has 0 fully saturated rings. The number of rotatable bonds is 7. The fraction of sp³-hybridized carbons (Fsp3) is 0.438. The predicted octanol–water partition coefficient (Wildman–Crippen LogP) is 3.83. The average molecular weight is 285 g/mol. The van der Waals surface area contributed by atoms with Crippen molar-refractivity contribution in [1.29, 1.82) is 0 Å². The van der Waals surface area contributed by atoms with Crippen LogP contribution in [0.1, 0.15) is 37.3 Å². The Hall–Kier alpha value is -2.17. The van der Waals surface area contributed by atoms with E-state index in [4.69, 9.17) is 0 Å². The van der Waals surface area contributed by atoms with Crippen LogP contribution in [-0.2, 0) is 0 Å². The molecule has 1 aromatic carbocycles. The topological polar surface area (TPSA) is 62.7 Å². The molecule has 2 aromatic rings. The molecule has 5 heteroatoms. The standard InChI is InChI=1S/C16H23N5/c1-4-5-6-9-17-15-11-18-21-16(20-15)19-14-10-12(2)7-8-13(14)3/h7-8,10-11H,4-6,9H2,1-3H3,(H2,17,19,20,21). The van der Waals surface area contributed by atoms with E-state index in [-0.39, 0.29) is 0 Å². The Kier molecular flexibility index (Phi) is 5.49. The van der Waals surface area contributed by atoms with Crippen LogP contribution in [0.3, 0.4) is 0 Å². The number of nitrogens with one attached hydrogen (secondary N) is 2. The van der Waals surface area contributed by atoms with Gasteiger partial charge in [0, 0.05) is 12.2 Å². The van der Waals surface area contributed by atoms with Crippen molar-refractivity contribution in [3.63, 3.8) is 0 Å². The summed E-state index contributed by atoms with van der Waals surface area (Å²) in [6.07, 6.45) is 5.22. The maximum atomic E-state index is 4.44. The van der Waals surface area contributed by atoms with E-state index in [1.807, 2.05) is 0 Å². The van der Waals surface area contributed by atoms with Crippen molar-refractivity contribution in [1.82, 2.24) is 15.2 Å². The highest BCUT2D eigenvalue weighted by Crippen LogP contribution is 2.19. The highest BCUT2D eigenvalue weighted by molar-refractivity contribution is 5.59. The zero-order chi connectivity index (χ0) is 15.1. The van der Waals surface area contributed by atoms with Gasteiger partial charge in [-0.3, -0.25) is 0 Å². The maximum Gasteiger partial charge on any atom is 0.249 e. The van der Waals surface area contributed by atoms with Gasteiger partial charge in [0.25, 0.3) is 0 Å². The Bertz CT molecular complexity index is 583. The number of hydrogen-bond donors (Lipinski definition) is 2. The van der Waals surface area contributed by atoms with E-state index >= 15 is 0 Å². The summed E-state index contributed by atoms with van der Waals surface area (Å²) < 4.78 is 0. The van der Waals surface area contributed by atoms with Crippen molar-refractivity contribution in [2.24, 2.45) is 0 Å². The molecule has 0 unspecified atom stereocenters. The molecule has 1 aromatic heterocycles. The Morgan fingerprint density at radius 1 is 1.14 bits per heavy atom. The van der Waals surface area contributed by atoms with Crippen LogP contribution in [0.5, 0.6) is 0 Å². The van der Waals surface area contributed by atoms with E-state index < -0.39 is 0 Å². The molecule has 0 saturated heterocycles. The van der Waals surface area contributed by atoms with E-state index in [0.717, 1.165) is 30.0 Å². The molecule has 112 valence electrons. The quantitative estimate of drug-likeness (QED) is 0.757. The first kappa shape index (κ1) is 15.2. The number of aromatic nitrogens is 3. The summed E-state index contributed by atoms with van der Waals surface area (Å²) in [7, 11) is 0. The number of aryl methyl sites for hydroxylation is 2. The van der Waals surface area contributed by atoms with Gasteiger partial charge in [-0.1, -0.05) is 31.9 Å². The van der Waals surface area contributed by atoms with Crippen LogP contribution in [-0.4, -0.2) is 21.7 Å². The molecule has 1 heterocycles. The Labute approximate surface area is 126 Å². The summed E-state index contributed by atoms with van der Waals surface area (Å²) in [6, 6.07) is 6.25. The van der Waals surface area contributed by atoms with Crippen LogP contribution in [0.4, 0.5) is 17.5 Å². The second-order valence-electron chi connectivity index (χ2n) is 5.24. The van der Waals surface area contributed by atoms with E-state index in [1.165, 1.54) is 18.4 Å². The molecule has 2 rings (SSSR count). The molecule has 0 radical (unpaired) electrons. The smallest absolute Gasteiger partial charge is 0.249 e. The van der Waals surface area contributed by atoms with Crippen LogP contribution in [0, 0.1) is 13.8 Å². The first-order valence-corrected chi connectivity index (χ1v) is 7.47. The monoisotopic (exact) mass is 285 g/mol. The summed E-state index contributed by atoms with van der Waals surface area (Å²) in [6.45, 7) is 7.23. The van der Waals surface area contributed by atoms with Crippen molar-refractivity contribution in [2.75, 3.05) is 17.2 Å². The predicted molar refractivity (Wildman–Crippen MR) is 87.0 cm³/mol. The third kappa shape index (κ3) is 4.70. The maximum absolute atomic E-state index is 4.44. The molecule has 21 heavy (non-hydrogen) atoms. The van der Waals surface area contributed by atoms with Crippen LogP contribution < -0.4 is 10.6 Å². The zero-order valence-electron chi connectivity index (χ0n) is 13.0. The summed E-state index contributed by atoms with van der Waals surface area (Å²) >= 11 is 0. The van der Waals surface area contributed by atoms with Gasteiger partial charge in [-0.15, -0.1) is 5.10 Å². The Balaban J connectivity index is 2.02. The van der Waals surface area contributed by atoms with Crippen molar-refractivity contribution < 1.29 is 0 Å². The third-order valence-corrected chi connectivity index (χ3v) is 3.28. The lowest BCUT2D eigenvalue weighted by Gasteiger charge is -2.10. The highest BCUT2D eigenvalue weighted by Gasteiger charge is 2.03. The minimum Gasteiger partial charge on any atom is -0.369 e. The van der Waals surface area contributed by atoms with Crippen molar-refractivity contribution in [3.05, 3.63) is 35.5 Å². The zero-order valence-corrected chi connectivity index (χ0v) is 13.0. The van der Waals surface area contributed by atoms with Crippen LogP contribution >= 0.6 is 0 Å². The van der Waals surface area contributed by atoms with E-state index in [2.05, 4.69) is 64.8 Å². The summed E-state index contributed by atoms with van der Waals surface area (Å²) in [5.74, 6) is 1.28. The van der Waals surface area contributed by atoms with Gasteiger partial charge in [-0.25, -0.2) is 0 Å². The number of anilines is 3. The second-order valence-corrected chi connectivity index (χ2v) is 5.24. The summed E-state index contributed by atoms with van der Waals surface area (Å²) in [4.78, 5) is 4.44. The second kappa shape index (κ2) is 7.57. The van der Waals surface area contributed by atoms with Gasteiger partial charge in [0.05, 0.1) is 6.20 Å². The lowest BCUT2D eigenvalue weighted by Crippen LogP contribution is -2.07. The van der Waals surface area contributed by atoms with Crippen LogP contribution in [0.25, 0.3) is 0 Å². The molecule has 0 spiro atoms. The van der Waals surface area contributed by atoms with Gasteiger partial charge in [-0.05, 0) is 37.5 Å². The molecule has 0 aliphatic heterocycles. The lowest BCUT2D eigenvalue weighted by atomic mass is 10.1. The van der Waals surface area contributed by atoms with Crippen molar-refractivity contribution in [2.45, 2.75) is 40.0 Å². The fourth-order valence-electron chi connectivity index (χ4n) is 2.02. The molecular weight excluding hydrogens is 262 g/mol. The molecule has 0 aliphatic rings. The number of benzene rings is 1. The number of hydrogen-bond acceptors (Lipinski definition) is 5.